The lowest BCUT2D eigenvalue weighted by molar-refractivity contribution is 0.625. The fraction of sp³-hybridized carbons (Fsp3) is 0.500. The molecule has 2 nitrogen and oxygen atoms in total. The molecule has 0 aliphatic carbocycles. The van der Waals surface area contributed by atoms with Crippen molar-refractivity contribution in [3.05, 3.63) is 35.9 Å². The van der Waals surface area contributed by atoms with Crippen molar-refractivity contribution in [2.75, 3.05) is 0 Å². The molecule has 0 N–H and O–H groups in total. The zero-order chi connectivity index (χ0) is 13.8. The van der Waals surface area contributed by atoms with Crippen molar-refractivity contribution >= 4 is 22.8 Å². The predicted molar refractivity (Wildman–Crippen MR) is 87.2 cm³/mol. The fourth-order valence-electron chi connectivity index (χ4n) is 1.47. The van der Waals surface area contributed by atoms with Gasteiger partial charge in [0.25, 0.3) is 0 Å². The second-order valence-electron chi connectivity index (χ2n) is 6.70. The summed E-state index contributed by atoms with van der Waals surface area (Å²) in [6.45, 7) is 14.9. The summed E-state index contributed by atoms with van der Waals surface area (Å²) in [6.07, 6.45) is 2.12. The maximum Gasteiger partial charge on any atom is 0.174 e. The average Bonchev–Trinajstić information content (AvgIpc) is 2.22. The molecule has 18 heavy (non-hydrogen) atoms. The standard InChI is InChI=1S/C14H26N2Si2/c1-17(2,3)15-13-16(18(4,5)6)12-14-10-8-7-9-11-14/h7-11,13H,12H2,1-6H3. The third kappa shape index (κ3) is 5.64. The van der Waals surface area contributed by atoms with Crippen LogP contribution < -0.4 is 0 Å². The Bertz CT molecular complexity index is 388. The number of hydrogen-bond acceptors (Lipinski definition) is 1. The van der Waals surface area contributed by atoms with Gasteiger partial charge in [0.1, 0.15) is 8.24 Å². The van der Waals surface area contributed by atoms with E-state index in [1.807, 2.05) is 0 Å². The summed E-state index contributed by atoms with van der Waals surface area (Å²) < 4.78 is 7.25. The Hall–Kier alpha value is -0.876. The van der Waals surface area contributed by atoms with E-state index in [4.69, 9.17) is 4.66 Å². The average molecular weight is 279 g/mol. The molecule has 1 aromatic rings. The van der Waals surface area contributed by atoms with Crippen molar-refractivity contribution in [3.8, 4) is 0 Å². The molecule has 1 aromatic carbocycles. The van der Waals surface area contributed by atoms with Crippen molar-refractivity contribution in [3.63, 3.8) is 0 Å². The van der Waals surface area contributed by atoms with Gasteiger partial charge < -0.3 is 9.22 Å². The Morgan fingerprint density at radius 3 is 2.00 bits per heavy atom. The molecule has 0 aliphatic rings. The van der Waals surface area contributed by atoms with Crippen molar-refractivity contribution < 1.29 is 0 Å². The fourth-order valence-corrected chi connectivity index (χ4v) is 3.14. The monoisotopic (exact) mass is 278 g/mol. The van der Waals surface area contributed by atoms with E-state index in [9.17, 15) is 0 Å². The molecule has 0 bridgehead atoms. The van der Waals surface area contributed by atoms with Crippen LogP contribution in [0.4, 0.5) is 0 Å². The minimum atomic E-state index is -1.37. The van der Waals surface area contributed by atoms with Gasteiger partial charge in [-0.1, -0.05) is 50.0 Å². The zero-order valence-electron chi connectivity index (χ0n) is 12.6. The van der Waals surface area contributed by atoms with E-state index in [0.29, 0.717) is 0 Å². The maximum absolute atomic E-state index is 4.79. The molecule has 1 rings (SSSR count). The zero-order valence-corrected chi connectivity index (χ0v) is 14.6. The van der Waals surface area contributed by atoms with Crippen molar-refractivity contribution in [1.82, 2.24) is 4.57 Å². The number of rotatable bonds is 5. The Balaban J connectivity index is 2.84. The van der Waals surface area contributed by atoms with E-state index in [1.165, 1.54) is 5.56 Å². The van der Waals surface area contributed by atoms with Gasteiger partial charge in [-0.3, -0.25) is 0 Å². The van der Waals surface area contributed by atoms with Gasteiger partial charge >= 0.3 is 0 Å². The van der Waals surface area contributed by atoms with Gasteiger partial charge in [-0.05, 0) is 25.2 Å². The minimum absolute atomic E-state index is 0.977. The first-order valence-electron chi connectivity index (χ1n) is 6.54. The molecule has 0 heterocycles. The summed E-state index contributed by atoms with van der Waals surface area (Å²) in [5.41, 5.74) is 1.36. The van der Waals surface area contributed by atoms with Crippen molar-refractivity contribution in [2.45, 2.75) is 45.8 Å². The lowest BCUT2D eigenvalue weighted by Crippen LogP contribution is -2.45. The normalized spacial score (nSPS) is 13.0. The largest absolute Gasteiger partial charge is 0.386 e. The van der Waals surface area contributed by atoms with Crippen LogP contribution in [0.25, 0.3) is 0 Å². The lowest BCUT2D eigenvalue weighted by Gasteiger charge is -2.33. The molecule has 0 amide bonds. The quantitative estimate of drug-likeness (QED) is 0.448. The molecule has 0 atom stereocenters. The molecule has 0 aliphatic heterocycles. The van der Waals surface area contributed by atoms with Gasteiger partial charge in [-0.2, -0.15) is 0 Å². The van der Waals surface area contributed by atoms with Crippen LogP contribution in [-0.4, -0.2) is 27.4 Å². The van der Waals surface area contributed by atoms with E-state index in [1.54, 1.807) is 0 Å². The molecular weight excluding hydrogens is 252 g/mol. The Morgan fingerprint density at radius 2 is 1.56 bits per heavy atom. The molecule has 100 valence electrons. The van der Waals surface area contributed by atoms with Gasteiger partial charge in [0.15, 0.2) is 8.24 Å². The van der Waals surface area contributed by atoms with Crippen LogP contribution in [0.5, 0.6) is 0 Å². The van der Waals surface area contributed by atoms with Gasteiger partial charge in [0.2, 0.25) is 0 Å². The second kappa shape index (κ2) is 5.84. The highest BCUT2D eigenvalue weighted by Gasteiger charge is 2.22. The summed E-state index contributed by atoms with van der Waals surface area (Å²) in [4.78, 5) is 0. The predicted octanol–water partition coefficient (Wildman–Crippen LogP) is 4.19. The summed E-state index contributed by atoms with van der Waals surface area (Å²) in [7, 11) is -2.73. The van der Waals surface area contributed by atoms with Crippen molar-refractivity contribution in [2.24, 2.45) is 4.66 Å². The number of benzene rings is 1. The molecule has 0 unspecified atom stereocenters. The highest BCUT2D eigenvalue weighted by Crippen LogP contribution is 2.13. The minimum Gasteiger partial charge on any atom is -0.386 e. The molecule has 0 radical (unpaired) electrons. The van der Waals surface area contributed by atoms with Crippen LogP contribution in [0.1, 0.15) is 5.56 Å². The van der Waals surface area contributed by atoms with Gasteiger partial charge in [0, 0.05) is 6.54 Å². The van der Waals surface area contributed by atoms with Crippen LogP contribution in [-0.2, 0) is 6.54 Å². The first kappa shape index (κ1) is 15.2. The molecule has 0 fully saturated rings. The van der Waals surface area contributed by atoms with Gasteiger partial charge in [0.05, 0.1) is 6.34 Å². The molecule has 0 aromatic heterocycles. The van der Waals surface area contributed by atoms with Crippen molar-refractivity contribution in [1.29, 1.82) is 0 Å². The molecule has 0 saturated carbocycles. The van der Waals surface area contributed by atoms with Gasteiger partial charge in [-0.25, -0.2) is 0 Å². The summed E-state index contributed by atoms with van der Waals surface area (Å²) >= 11 is 0. The maximum atomic E-state index is 4.79. The van der Waals surface area contributed by atoms with E-state index < -0.39 is 16.5 Å². The molecule has 4 heteroatoms. The third-order valence-corrected chi connectivity index (χ3v) is 5.53. The highest BCUT2D eigenvalue weighted by atomic mass is 28.3. The van der Waals surface area contributed by atoms with E-state index in [0.717, 1.165) is 6.54 Å². The van der Waals surface area contributed by atoms with Crippen LogP contribution in [0.2, 0.25) is 39.3 Å². The first-order valence-corrected chi connectivity index (χ1v) is 13.4. The first-order chi connectivity index (χ1) is 8.18. The van der Waals surface area contributed by atoms with Gasteiger partial charge in [-0.15, -0.1) is 0 Å². The highest BCUT2D eigenvalue weighted by molar-refractivity contribution is 6.77. The van der Waals surface area contributed by atoms with E-state index in [-0.39, 0.29) is 0 Å². The summed E-state index contributed by atoms with van der Waals surface area (Å²) in [5, 5.41) is 0. The van der Waals surface area contributed by atoms with Crippen LogP contribution >= 0.6 is 0 Å². The lowest BCUT2D eigenvalue weighted by atomic mass is 10.2. The molecular formula is C14H26N2Si2. The molecule has 0 saturated heterocycles. The molecule has 0 spiro atoms. The topological polar surface area (TPSA) is 15.6 Å². The second-order valence-corrected chi connectivity index (χ2v) is 16.2. The van der Waals surface area contributed by atoms with E-state index in [2.05, 4.69) is 80.5 Å². The number of hydrogen-bond donors (Lipinski definition) is 0. The number of nitrogens with zero attached hydrogens (tertiary/aromatic N) is 2. The Morgan fingerprint density at radius 1 is 1.00 bits per heavy atom. The Kier molecular flexibility index (Phi) is 4.93. The summed E-state index contributed by atoms with van der Waals surface area (Å²) in [5.74, 6) is 0. The third-order valence-electron chi connectivity index (χ3n) is 2.64. The van der Waals surface area contributed by atoms with E-state index >= 15 is 0 Å². The Labute approximate surface area is 114 Å². The van der Waals surface area contributed by atoms with Crippen LogP contribution in [0, 0.1) is 0 Å². The van der Waals surface area contributed by atoms with Crippen LogP contribution in [0.3, 0.4) is 0 Å². The SMILES string of the molecule is C[Si](C)(C)N=CN(Cc1ccccc1)[Si](C)(C)C. The smallest absolute Gasteiger partial charge is 0.174 e. The summed E-state index contributed by atoms with van der Waals surface area (Å²) in [6, 6.07) is 10.7. The van der Waals surface area contributed by atoms with Crippen LogP contribution in [0.15, 0.2) is 35.0 Å².